The van der Waals surface area contributed by atoms with E-state index in [2.05, 4.69) is 10.0 Å². The zero-order chi connectivity index (χ0) is 12.8. The number of sulfonamides is 1. The predicted octanol–water partition coefficient (Wildman–Crippen LogP) is 1.23. The molecule has 4 nitrogen and oxygen atoms in total. The van der Waals surface area contributed by atoms with Gasteiger partial charge in [-0.25, -0.2) is 13.1 Å². The highest BCUT2D eigenvalue weighted by molar-refractivity contribution is 7.90. The second-order valence-electron chi connectivity index (χ2n) is 6.36. The second-order valence-corrected chi connectivity index (χ2v) is 8.49. The SMILES string of the molecule is CC(CNC1CC1)S(=O)(=O)NC(C1CC1)C1CC1. The molecule has 0 amide bonds. The lowest BCUT2D eigenvalue weighted by Gasteiger charge is -2.21. The Hall–Kier alpha value is -0.130. The standard InChI is InChI=1S/C13H24N2O2S/c1-9(8-14-12-6-7-12)18(16,17)15-13(10-2-3-10)11-4-5-11/h9-15H,2-8H2,1H3. The van der Waals surface area contributed by atoms with Crippen molar-refractivity contribution in [1.82, 2.24) is 10.0 Å². The van der Waals surface area contributed by atoms with Gasteiger partial charge in [0.25, 0.3) is 0 Å². The zero-order valence-corrected chi connectivity index (χ0v) is 11.9. The first-order chi connectivity index (χ1) is 8.56. The van der Waals surface area contributed by atoms with Crippen LogP contribution in [0, 0.1) is 11.8 Å². The van der Waals surface area contributed by atoms with Crippen molar-refractivity contribution >= 4 is 10.0 Å². The normalized spacial score (nSPS) is 26.6. The van der Waals surface area contributed by atoms with Gasteiger partial charge in [-0.1, -0.05) is 0 Å². The molecule has 5 heteroatoms. The summed E-state index contributed by atoms with van der Waals surface area (Å²) in [6, 6.07) is 0.809. The Balaban J connectivity index is 1.54. The summed E-state index contributed by atoms with van der Waals surface area (Å²) in [6.45, 7) is 2.40. The number of rotatable bonds is 8. The maximum Gasteiger partial charge on any atom is 0.215 e. The van der Waals surface area contributed by atoms with Crippen molar-refractivity contribution in [3.8, 4) is 0 Å². The van der Waals surface area contributed by atoms with Crippen LogP contribution in [0.3, 0.4) is 0 Å². The minimum Gasteiger partial charge on any atom is -0.313 e. The van der Waals surface area contributed by atoms with Crippen LogP contribution in [-0.2, 0) is 10.0 Å². The van der Waals surface area contributed by atoms with Gasteiger partial charge < -0.3 is 5.32 Å². The summed E-state index contributed by atoms with van der Waals surface area (Å²) in [7, 11) is -3.15. The molecule has 18 heavy (non-hydrogen) atoms. The largest absolute Gasteiger partial charge is 0.313 e. The fourth-order valence-electron chi connectivity index (χ4n) is 2.52. The summed E-state index contributed by atoms with van der Waals surface area (Å²) in [4.78, 5) is 0. The monoisotopic (exact) mass is 272 g/mol. The Morgan fingerprint density at radius 3 is 2.06 bits per heavy atom. The van der Waals surface area contributed by atoms with E-state index in [0.717, 1.165) is 0 Å². The Bertz CT molecular complexity index is 385. The van der Waals surface area contributed by atoms with Crippen molar-refractivity contribution < 1.29 is 8.42 Å². The maximum absolute atomic E-state index is 12.3. The molecule has 1 unspecified atom stereocenters. The highest BCUT2D eigenvalue weighted by Gasteiger charge is 2.44. The van der Waals surface area contributed by atoms with Gasteiger partial charge in [0.2, 0.25) is 10.0 Å². The molecule has 3 aliphatic rings. The van der Waals surface area contributed by atoms with Crippen molar-refractivity contribution in [3.05, 3.63) is 0 Å². The topological polar surface area (TPSA) is 58.2 Å². The lowest BCUT2D eigenvalue weighted by molar-refractivity contribution is 0.465. The van der Waals surface area contributed by atoms with Crippen molar-refractivity contribution in [3.63, 3.8) is 0 Å². The van der Waals surface area contributed by atoms with Crippen LogP contribution in [0.15, 0.2) is 0 Å². The second kappa shape index (κ2) is 4.76. The van der Waals surface area contributed by atoms with Crippen LogP contribution >= 0.6 is 0 Å². The van der Waals surface area contributed by atoms with E-state index in [1.807, 2.05) is 6.92 Å². The van der Waals surface area contributed by atoms with E-state index in [0.29, 0.717) is 24.4 Å². The molecule has 3 saturated carbocycles. The van der Waals surface area contributed by atoms with E-state index in [9.17, 15) is 8.42 Å². The van der Waals surface area contributed by atoms with Gasteiger partial charge in [0, 0.05) is 18.6 Å². The van der Waals surface area contributed by atoms with Crippen LogP contribution in [0.1, 0.15) is 45.4 Å². The molecule has 0 bridgehead atoms. The van der Waals surface area contributed by atoms with Crippen LogP contribution in [0.25, 0.3) is 0 Å². The van der Waals surface area contributed by atoms with Gasteiger partial charge in [-0.3, -0.25) is 0 Å². The molecule has 3 rings (SSSR count). The Morgan fingerprint density at radius 2 is 1.61 bits per heavy atom. The first-order valence-corrected chi connectivity index (χ1v) is 8.85. The molecule has 0 aromatic heterocycles. The van der Waals surface area contributed by atoms with Crippen molar-refractivity contribution in [2.24, 2.45) is 11.8 Å². The molecule has 0 heterocycles. The van der Waals surface area contributed by atoms with Gasteiger partial charge in [-0.2, -0.15) is 0 Å². The average molecular weight is 272 g/mol. The molecular formula is C13H24N2O2S. The van der Waals surface area contributed by atoms with Crippen LogP contribution < -0.4 is 10.0 Å². The zero-order valence-electron chi connectivity index (χ0n) is 11.1. The molecule has 104 valence electrons. The molecule has 1 atom stereocenters. The highest BCUT2D eigenvalue weighted by Crippen LogP contribution is 2.44. The molecular weight excluding hydrogens is 248 g/mol. The third-order valence-corrected chi connectivity index (χ3v) is 6.19. The van der Waals surface area contributed by atoms with E-state index in [4.69, 9.17) is 0 Å². The van der Waals surface area contributed by atoms with Gasteiger partial charge in [0.15, 0.2) is 0 Å². The summed E-state index contributed by atoms with van der Waals surface area (Å²) in [5, 5.41) is 2.99. The summed E-state index contributed by atoms with van der Waals surface area (Å²) in [5.41, 5.74) is 0. The minimum absolute atomic E-state index is 0.235. The van der Waals surface area contributed by atoms with Crippen LogP contribution in [0.4, 0.5) is 0 Å². The van der Waals surface area contributed by atoms with Crippen LogP contribution in [-0.4, -0.2) is 32.3 Å². The van der Waals surface area contributed by atoms with Crippen LogP contribution in [0.5, 0.6) is 0 Å². The Kier molecular flexibility index (Phi) is 3.41. The molecule has 0 saturated heterocycles. The van der Waals surface area contributed by atoms with Crippen molar-refractivity contribution in [1.29, 1.82) is 0 Å². The van der Waals surface area contributed by atoms with Crippen LogP contribution in [0.2, 0.25) is 0 Å². The lowest BCUT2D eigenvalue weighted by atomic mass is 10.1. The Labute approximate surface area is 110 Å². The third-order valence-electron chi connectivity index (χ3n) is 4.36. The van der Waals surface area contributed by atoms with E-state index in [-0.39, 0.29) is 11.3 Å². The van der Waals surface area contributed by atoms with Gasteiger partial charge >= 0.3 is 0 Å². The molecule has 0 aromatic carbocycles. The lowest BCUT2D eigenvalue weighted by Crippen LogP contribution is -2.45. The van der Waals surface area contributed by atoms with Gasteiger partial charge in [-0.05, 0) is 57.3 Å². The molecule has 0 radical (unpaired) electrons. The van der Waals surface area contributed by atoms with E-state index >= 15 is 0 Å². The number of nitrogens with one attached hydrogen (secondary N) is 2. The molecule has 0 aromatic rings. The smallest absolute Gasteiger partial charge is 0.215 e. The van der Waals surface area contributed by atoms with E-state index in [1.54, 1.807) is 0 Å². The first-order valence-electron chi connectivity index (χ1n) is 7.31. The van der Waals surface area contributed by atoms with Gasteiger partial charge in [0.05, 0.1) is 5.25 Å². The highest BCUT2D eigenvalue weighted by atomic mass is 32.2. The number of hydrogen-bond donors (Lipinski definition) is 2. The summed E-state index contributed by atoms with van der Waals surface area (Å²) in [6.07, 6.45) is 7.23. The Morgan fingerprint density at radius 1 is 1.06 bits per heavy atom. The summed E-state index contributed by atoms with van der Waals surface area (Å²) < 4.78 is 27.6. The number of hydrogen-bond acceptors (Lipinski definition) is 3. The average Bonchev–Trinajstić information content (AvgIpc) is 3.15. The maximum atomic E-state index is 12.3. The predicted molar refractivity (Wildman–Crippen MR) is 71.8 cm³/mol. The van der Waals surface area contributed by atoms with Gasteiger partial charge in [-0.15, -0.1) is 0 Å². The minimum atomic E-state index is -3.15. The summed E-state index contributed by atoms with van der Waals surface area (Å²) >= 11 is 0. The van der Waals surface area contributed by atoms with E-state index in [1.165, 1.54) is 38.5 Å². The first kappa shape index (κ1) is 12.9. The van der Waals surface area contributed by atoms with Gasteiger partial charge in [0.1, 0.15) is 0 Å². The van der Waals surface area contributed by atoms with Crippen molar-refractivity contribution in [2.45, 2.75) is 62.8 Å². The van der Waals surface area contributed by atoms with Crippen molar-refractivity contribution in [2.75, 3.05) is 6.54 Å². The fraction of sp³-hybridized carbons (Fsp3) is 1.00. The molecule has 3 aliphatic carbocycles. The third kappa shape index (κ3) is 3.25. The molecule has 2 N–H and O–H groups in total. The summed E-state index contributed by atoms with van der Waals surface area (Å²) in [5.74, 6) is 1.24. The molecule has 0 aliphatic heterocycles. The van der Waals surface area contributed by atoms with E-state index < -0.39 is 10.0 Å². The molecule has 3 fully saturated rings. The quantitative estimate of drug-likeness (QED) is 0.699. The fourth-order valence-corrected chi connectivity index (χ4v) is 3.84. The molecule has 0 spiro atoms.